The van der Waals surface area contributed by atoms with Crippen LogP contribution in [0.1, 0.15) is 304 Å². The van der Waals surface area contributed by atoms with Crippen molar-refractivity contribution < 1.29 is 28.6 Å². The summed E-state index contributed by atoms with van der Waals surface area (Å²) in [4.78, 5) is 38.0. The highest BCUT2D eigenvalue weighted by Crippen LogP contribution is 2.18. The smallest absolute Gasteiger partial charge is 0.306 e. The number of hydrogen-bond donors (Lipinski definition) is 0. The van der Waals surface area contributed by atoms with E-state index < -0.39 is 6.10 Å². The lowest BCUT2D eigenvalue weighted by atomic mass is 10.0. The number of carbonyl (C=O) groups excluding carboxylic acids is 3. The minimum Gasteiger partial charge on any atom is -0.462 e. The van der Waals surface area contributed by atoms with Crippen molar-refractivity contribution in [2.24, 2.45) is 11.8 Å². The van der Waals surface area contributed by atoms with E-state index in [1.165, 1.54) is 193 Å². The topological polar surface area (TPSA) is 78.9 Å². The van der Waals surface area contributed by atoms with Crippen molar-refractivity contribution in [3.63, 3.8) is 0 Å². The minimum absolute atomic E-state index is 0.0633. The first-order chi connectivity index (χ1) is 29.7. The van der Waals surface area contributed by atoms with E-state index in [-0.39, 0.29) is 31.1 Å². The molecule has 6 heteroatoms. The van der Waals surface area contributed by atoms with Gasteiger partial charge in [-0.25, -0.2) is 0 Å². The van der Waals surface area contributed by atoms with Gasteiger partial charge in [0.2, 0.25) is 0 Å². The highest BCUT2D eigenvalue weighted by Gasteiger charge is 2.19. The summed E-state index contributed by atoms with van der Waals surface area (Å²) >= 11 is 0. The molecule has 0 aliphatic carbocycles. The Morgan fingerprint density at radius 2 is 0.541 bits per heavy atom. The lowest BCUT2D eigenvalue weighted by molar-refractivity contribution is -0.167. The monoisotopic (exact) mass is 863 g/mol. The number of esters is 3. The molecule has 0 aliphatic heterocycles. The fourth-order valence-electron chi connectivity index (χ4n) is 8.34. The molecular weight excluding hydrogens is 757 g/mol. The standard InChI is InChI=1S/C55H106O6/c1-6-7-8-9-10-11-12-13-17-21-26-32-37-42-47-55(58)61-52(49-60-54(57)46-41-36-31-27-22-24-29-34-39-44-51(4)5)48-59-53(56)45-40-35-30-25-20-18-15-14-16-19-23-28-33-38-43-50(2)3/h50-52H,6-49H2,1-5H3/t52-/m0/s1. The van der Waals surface area contributed by atoms with Gasteiger partial charge in [-0.2, -0.15) is 0 Å². The summed E-state index contributed by atoms with van der Waals surface area (Å²) in [6.45, 7) is 11.4. The Bertz CT molecular complexity index is 931. The summed E-state index contributed by atoms with van der Waals surface area (Å²) in [7, 11) is 0. The van der Waals surface area contributed by atoms with Gasteiger partial charge in [-0.1, -0.05) is 266 Å². The number of carbonyl (C=O) groups is 3. The zero-order valence-electron chi connectivity index (χ0n) is 41.8. The summed E-state index contributed by atoms with van der Waals surface area (Å²) in [6.07, 6.45) is 49.5. The third-order valence-electron chi connectivity index (χ3n) is 12.5. The molecule has 0 aliphatic rings. The van der Waals surface area contributed by atoms with Crippen molar-refractivity contribution in [1.29, 1.82) is 0 Å². The molecule has 0 saturated heterocycles. The van der Waals surface area contributed by atoms with E-state index >= 15 is 0 Å². The second-order valence-corrected chi connectivity index (χ2v) is 19.8. The highest BCUT2D eigenvalue weighted by molar-refractivity contribution is 5.71. The van der Waals surface area contributed by atoms with Gasteiger partial charge >= 0.3 is 17.9 Å². The summed E-state index contributed by atoms with van der Waals surface area (Å²) in [5, 5.41) is 0. The average molecular weight is 863 g/mol. The fourth-order valence-corrected chi connectivity index (χ4v) is 8.34. The summed E-state index contributed by atoms with van der Waals surface area (Å²) in [5.41, 5.74) is 0. The first-order valence-electron chi connectivity index (χ1n) is 27.2. The molecule has 0 aromatic carbocycles. The predicted octanol–water partition coefficient (Wildman–Crippen LogP) is 17.7. The zero-order chi connectivity index (χ0) is 44.7. The van der Waals surface area contributed by atoms with Crippen molar-refractivity contribution >= 4 is 17.9 Å². The number of rotatable bonds is 49. The second kappa shape index (κ2) is 47.9. The van der Waals surface area contributed by atoms with E-state index in [1.54, 1.807) is 0 Å². The van der Waals surface area contributed by atoms with Gasteiger partial charge in [0.1, 0.15) is 13.2 Å². The lowest BCUT2D eigenvalue weighted by Crippen LogP contribution is -2.30. The third-order valence-corrected chi connectivity index (χ3v) is 12.5. The Morgan fingerprint density at radius 1 is 0.311 bits per heavy atom. The molecule has 61 heavy (non-hydrogen) atoms. The van der Waals surface area contributed by atoms with Crippen LogP contribution in [0.25, 0.3) is 0 Å². The van der Waals surface area contributed by atoms with Gasteiger partial charge in [-0.15, -0.1) is 0 Å². The van der Waals surface area contributed by atoms with Crippen molar-refractivity contribution in [2.75, 3.05) is 13.2 Å². The maximum absolute atomic E-state index is 12.8. The van der Waals surface area contributed by atoms with Crippen molar-refractivity contribution in [3.8, 4) is 0 Å². The molecule has 0 radical (unpaired) electrons. The van der Waals surface area contributed by atoms with Crippen LogP contribution in [0.2, 0.25) is 0 Å². The molecule has 0 amide bonds. The van der Waals surface area contributed by atoms with Crippen LogP contribution in [0, 0.1) is 11.8 Å². The zero-order valence-corrected chi connectivity index (χ0v) is 41.8. The van der Waals surface area contributed by atoms with E-state index in [0.29, 0.717) is 19.3 Å². The predicted molar refractivity (Wildman–Crippen MR) is 261 cm³/mol. The molecule has 0 aromatic heterocycles. The van der Waals surface area contributed by atoms with E-state index in [4.69, 9.17) is 14.2 Å². The number of hydrogen-bond acceptors (Lipinski definition) is 6. The van der Waals surface area contributed by atoms with Crippen LogP contribution in [0.4, 0.5) is 0 Å². The van der Waals surface area contributed by atoms with Crippen molar-refractivity contribution in [1.82, 2.24) is 0 Å². The molecule has 0 heterocycles. The Balaban J connectivity index is 4.29. The second-order valence-electron chi connectivity index (χ2n) is 19.8. The van der Waals surface area contributed by atoms with Crippen LogP contribution in [0.15, 0.2) is 0 Å². The quantitative estimate of drug-likeness (QED) is 0.0344. The molecule has 0 spiro atoms. The van der Waals surface area contributed by atoms with Crippen LogP contribution < -0.4 is 0 Å². The van der Waals surface area contributed by atoms with Crippen molar-refractivity contribution in [2.45, 2.75) is 310 Å². The molecule has 0 rings (SSSR count). The molecule has 6 nitrogen and oxygen atoms in total. The Kier molecular flexibility index (Phi) is 46.6. The molecule has 0 fully saturated rings. The molecular formula is C55H106O6. The minimum atomic E-state index is -0.762. The normalized spacial score (nSPS) is 12.0. The fraction of sp³-hybridized carbons (Fsp3) is 0.945. The van der Waals surface area contributed by atoms with Crippen LogP contribution in [0.3, 0.4) is 0 Å². The van der Waals surface area contributed by atoms with Gasteiger partial charge in [0.15, 0.2) is 6.10 Å². The third kappa shape index (κ3) is 49.3. The molecule has 1 atom stereocenters. The first kappa shape index (κ1) is 59.4. The molecule has 362 valence electrons. The molecule has 0 aromatic rings. The molecule has 0 unspecified atom stereocenters. The Labute approximate surface area is 380 Å². The largest absolute Gasteiger partial charge is 0.462 e. The van der Waals surface area contributed by atoms with Crippen molar-refractivity contribution in [3.05, 3.63) is 0 Å². The Hall–Kier alpha value is -1.59. The highest BCUT2D eigenvalue weighted by atomic mass is 16.6. The average Bonchev–Trinajstić information content (AvgIpc) is 3.23. The van der Waals surface area contributed by atoms with E-state index in [1.807, 2.05) is 0 Å². The SMILES string of the molecule is CCCCCCCCCCCCCCCCC(=O)O[C@@H](COC(=O)CCCCCCCCCCCCCCCCC(C)C)COC(=O)CCCCCCCCCCCC(C)C. The summed E-state index contributed by atoms with van der Waals surface area (Å²) < 4.78 is 16.8. The van der Waals surface area contributed by atoms with Gasteiger partial charge in [-0.05, 0) is 31.1 Å². The summed E-state index contributed by atoms with van der Waals surface area (Å²) in [5.74, 6) is 0.809. The molecule has 0 N–H and O–H groups in total. The maximum atomic E-state index is 12.8. The number of unbranched alkanes of at least 4 members (excludes halogenated alkanes) is 34. The Morgan fingerprint density at radius 3 is 0.803 bits per heavy atom. The van der Waals surface area contributed by atoms with E-state index in [9.17, 15) is 14.4 Å². The molecule has 0 saturated carbocycles. The first-order valence-corrected chi connectivity index (χ1v) is 27.2. The van der Waals surface area contributed by atoms with Gasteiger partial charge in [-0.3, -0.25) is 14.4 Å². The van der Waals surface area contributed by atoms with Gasteiger partial charge < -0.3 is 14.2 Å². The summed E-state index contributed by atoms with van der Waals surface area (Å²) in [6, 6.07) is 0. The van der Waals surface area contributed by atoms with Crippen LogP contribution >= 0.6 is 0 Å². The maximum Gasteiger partial charge on any atom is 0.306 e. The van der Waals surface area contributed by atoms with Gasteiger partial charge in [0.25, 0.3) is 0 Å². The van der Waals surface area contributed by atoms with Crippen LogP contribution in [0.5, 0.6) is 0 Å². The van der Waals surface area contributed by atoms with Gasteiger partial charge in [0, 0.05) is 19.3 Å². The van der Waals surface area contributed by atoms with E-state index in [0.717, 1.165) is 69.6 Å². The van der Waals surface area contributed by atoms with Crippen LogP contribution in [-0.2, 0) is 28.6 Å². The van der Waals surface area contributed by atoms with E-state index in [2.05, 4.69) is 34.6 Å². The lowest BCUT2D eigenvalue weighted by Gasteiger charge is -2.18. The van der Waals surface area contributed by atoms with Crippen LogP contribution in [-0.4, -0.2) is 37.2 Å². The number of ether oxygens (including phenoxy) is 3. The van der Waals surface area contributed by atoms with Gasteiger partial charge in [0.05, 0.1) is 0 Å². The molecule has 0 bridgehead atoms.